The lowest BCUT2D eigenvalue weighted by Crippen LogP contribution is -1.99. The highest BCUT2D eigenvalue weighted by molar-refractivity contribution is 5.90. The third-order valence-electron chi connectivity index (χ3n) is 2.70. The summed E-state index contributed by atoms with van der Waals surface area (Å²) in [6.45, 7) is 0. The molecule has 0 saturated heterocycles. The molecule has 0 bridgehead atoms. The second-order valence-electron chi connectivity index (χ2n) is 3.92. The zero-order valence-electron chi connectivity index (χ0n) is 11.1. The van der Waals surface area contributed by atoms with Crippen LogP contribution in [-0.4, -0.2) is 25.3 Å². The minimum Gasteiger partial charge on any atom is -0.493 e. The number of ether oxygens (including phenoxy) is 3. The van der Waals surface area contributed by atoms with Gasteiger partial charge in [0.25, 0.3) is 0 Å². The maximum atomic E-state index is 11.1. The van der Waals surface area contributed by atoms with Crippen molar-refractivity contribution in [1.82, 2.24) is 0 Å². The Labute approximate surface area is 116 Å². The van der Waals surface area contributed by atoms with Crippen LogP contribution in [0, 0.1) is 0 Å². The molecule has 0 aromatic heterocycles. The summed E-state index contributed by atoms with van der Waals surface area (Å²) in [6, 6.07) is 11.4. The molecule has 104 valence electrons. The van der Waals surface area contributed by atoms with E-state index in [1.165, 1.54) is 20.3 Å². The topological polar surface area (TPSA) is 65.0 Å². The second kappa shape index (κ2) is 5.97. The van der Waals surface area contributed by atoms with Crippen molar-refractivity contribution in [3.8, 4) is 23.0 Å². The Morgan fingerprint density at radius 1 is 0.950 bits per heavy atom. The minimum atomic E-state index is -1.04. The summed E-state index contributed by atoms with van der Waals surface area (Å²) in [5.74, 6) is 0.786. The van der Waals surface area contributed by atoms with Gasteiger partial charge in [0.2, 0.25) is 0 Å². The lowest BCUT2D eigenvalue weighted by molar-refractivity contribution is 0.0694. The molecular formula is C15H14O5. The van der Waals surface area contributed by atoms with E-state index in [1.807, 2.05) is 0 Å². The number of hydrogen-bond donors (Lipinski definition) is 1. The molecule has 0 radical (unpaired) electrons. The normalized spacial score (nSPS) is 9.90. The number of benzene rings is 2. The maximum Gasteiger partial charge on any atom is 0.339 e. The number of methoxy groups -OCH3 is 2. The zero-order chi connectivity index (χ0) is 14.5. The van der Waals surface area contributed by atoms with E-state index >= 15 is 0 Å². The molecule has 5 nitrogen and oxygen atoms in total. The van der Waals surface area contributed by atoms with Gasteiger partial charge in [0, 0.05) is 6.07 Å². The van der Waals surface area contributed by atoms with Crippen LogP contribution < -0.4 is 14.2 Å². The SMILES string of the molecule is COc1ccc(Oc2ccccc2C(=O)O)cc1OC. The van der Waals surface area contributed by atoms with Crippen molar-refractivity contribution in [3.05, 3.63) is 48.0 Å². The van der Waals surface area contributed by atoms with Gasteiger partial charge in [-0.05, 0) is 24.3 Å². The molecule has 2 aromatic rings. The van der Waals surface area contributed by atoms with E-state index in [0.717, 1.165) is 0 Å². The second-order valence-corrected chi connectivity index (χ2v) is 3.92. The number of aromatic carboxylic acids is 1. The van der Waals surface area contributed by atoms with Gasteiger partial charge in [-0.3, -0.25) is 0 Å². The molecule has 0 unspecified atom stereocenters. The Morgan fingerprint density at radius 3 is 2.30 bits per heavy atom. The molecule has 0 aliphatic carbocycles. The van der Waals surface area contributed by atoms with Crippen molar-refractivity contribution in [2.75, 3.05) is 14.2 Å². The number of hydrogen-bond acceptors (Lipinski definition) is 4. The van der Waals surface area contributed by atoms with E-state index < -0.39 is 5.97 Å². The number of rotatable bonds is 5. The van der Waals surface area contributed by atoms with Crippen LogP contribution in [0.4, 0.5) is 0 Å². The first-order valence-electron chi connectivity index (χ1n) is 5.88. The van der Waals surface area contributed by atoms with Crippen LogP contribution >= 0.6 is 0 Å². The first kappa shape index (κ1) is 13.7. The fourth-order valence-corrected chi connectivity index (χ4v) is 1.74. The van der Waals surface area contributed by atoms with Crippen LogP contribution in [0.1, 0.15) is 10.4 Å². The molecule has 0 atom stereocenters. The Kier molecular flexibility index (Phi) is 4.10. The summed E-state index contributed by atoms with van der Waals surface area (Å²) in [4.78, 5) is 11.1. The first-order chi connectivity index (χ1) is 9.65. The van der Waals surface area contributed by atoms with Crippen molar-refractivity contribution >= 4 is 5.97 Å². The van der Waals surface area contributed by atoms with Gasteiger partial charge in [0.15, 0.2) is 11.5 Å². The monoisotopic (exact) mass is 274 g/mol. The largest absolute Gasteiger partial charge is 0.493 e. The summed E-state index contributed by atoms with van der Waals surface area (Å²) in [5.41, 5.74) is 0.0993. The van der Waals surface area contributed by atoms with Crippen molar-refractivity contribution < 1.29 is 24.1 Å². The average Bonchev–Trinajstić information content (AvgIpc) is 2.47. The average molecular weight is 274 g/mol. The van der Waals surface area contributed by atoms with Gasteiger partial charge in [-0.15, -0.1) is 0 Å². The number of carboxylic acids is 1. The number of carboxylic acid groups (broad SMARTS) is 1. The van der Waals surface area contributed by atoms with Gasteiger partial charge in [0.1, 0.15) is 17.1 Å². The first-order valence-corrected chi connectivity index (χ1v) is 5.88. The van der Waals surface area contributed by atoms with Crippen LogP contribution in [0.15, 0.2) is 42.5 Å². The van der Waals surface area contributed by atoms with E-state index in [4.69, 9.17) is 19.3 Å². The lowest BCUT2D eigenvalue weighted by atomic mass is 10.2. The molecule has 0 aliphatic heterocycles. The summed E-state index contributed by atoms with van der Waals surface area (Å²) < 4.78 is 15.9. The standard InChI is InChI=1S/C15H14O5/c1-18-13-8-7-10(9-14(13)19-2)20-12-6-4-3-5-11(12)15(16)17/h3-9H,1-2H3,(H,16,17). The molecule has 2 rings (SSSR count). The van der Waals surface area contributed by atoms with Crippen LogP contribution in [0.25, 0.3) is 0 Å². The predicted molar refractivity (Wildman–Crippen MR) is 73.0 cm³/mol. The smallest absolute Gasteiger partial charge is 0.339 e. The van der Waals surface area contributed by atoms with Gasteiger partial charge in [-0.2, -0.15) is 0 Å². The molecule has 1 N–H and O–H groups in total. The van der Waals surface area contributed by atoms with Crippen molar-refractivity contribution in [3.63, 3.8) is 0 Å². The Balaban J connectivity index is 2.33. The number of carbonyl (C=O) groups is 1. The summed E-state index contributed by atoms with van der Waals surface area (Å²) in [6.07, 6.45) is 0. The molecule has 0 heterocycles. The summed E-state index contributed by atoms with van der Waals surface area (Å²) >= 11 is 0. The van der Waals surface area contributed by atoms with E-state index in [9.17, 15) is 4.79 Å². The maximum absolute atomic E-state index is 11.1. The summed E-state index contributed by atoms with van der Waals surface area (Å²) in [7, 11) is 3.06. The van der Waals surface area contributed by atoms with E-state index in [0.29, 0.717) is 17.2 Å². The Bertz CT molecular complexity index is 621. The molecule has 0 spiro atoms. The molecule has 0 saturated carbocycles. The highest BCUT2D eigenvalue weighted by Crippen LogP contribution is 2.33. The molecule has 0 aliphatic rings. The lowest BCUT2D eigenvalue weighted by Gasteiger charge is -2.11. The van der Waals surface area contributed by atoms with Crippen molar-refractivity contribution in [2.24, 2.45) is 0 Å². The van der Waals surface area contributed by atoms with Crippen LogP contribution in [-0.2, 0) is 0 Å². The molecular weight excluding hydrogens is 260 g/mol. The van der Waals surface area contributed by atoms with Gasteiger partial charge < -0.3 is 19.3 Å². The quantitative estimate of drug-likeness (QED) is 0.907. The molecule has 0 fully saturated rings. The van der Waals surface area contributed by atoms with Crippen molar-refractivity contribution in [1.29, 1.82) is 0 Å². The molecule has 2 aromatic carbocycles. The Morgan fingerprint density at radius 2 is 1.65 bits per heavy atom. The molecule has 20 heavy (non-hydrogen) atoms. The minimum absolute atomic E-state index is 0.0993. The van der Waals surface area contributed by atoms with Gasteiger partial charge in [-0.1, -0.05) is 12.1 Å². The van der Waals surface area contributed by atoms with Crippen molar-refractivity contribution in [2.45, 2.75) is 0 Å². The molecule has 0 amide bonds. The van der Waals surface area contributed by atoms with E-state index in [2.05, 4.69) is 0 Å². The Hall–Kier alpha value is -2.69. The third kappa shape index (κ3) is 2.83. The third-order valence-corrected chi connectivity index (χ3v) is 2.70. The zero-order valence-corrected chi connectivity index (χ0v) is 11.1. The highest BCUT2D eigenvalue weighted by atomic mass is 16.5. The van der Waals surface area contributed by atoms with Gasteiger partial charge in [-0.25, -0.2) is 4.79 Å². The van der Waals surface area contributed by atoms with Gasteiger partial charge in [0.05, 0.1) is 14.2 Å². The fourth-order valence-electron chi connectivity index (χ4n) is 1.74. The van der Waals surface area contributed by atoms with Crippen LogP contribution in [0.3, 0.4) is 0 Å². The predicted octanol–water partition coefficient (Wildman–Crippen LogP) is 3.19. The number of para-hydroxylation sites is 1. The molecule has 5 heteroatoms. The van der Waals surface area contributed by atoms with Crippen LogP contribution in [0.2, 0.25) is 0 Å². The fraction of sp³-hybridized carbons (Fsp3) is 0.133. The summed E-state index contributed by atoms with van der Waals surface area (Å²) in [5, 5.41) is 9.10. The van der Waals surface area contributed by atoms with E-state index in [1.54, 1.807) is 36.4 Å². The van der Waals surface area contributed by atoms with Gasteiger partial charge >= 0.3 is 5.97 Å². The van der Waals surface area contributed by atoms with Crippen LogP contribution in [0.5, 0.6) is 23.0 Å². The highest BCUT2D eigenvalue weighted by Gasteiger charge is 2.12. The van der Waals surface area contributed by atoms with E-state index in [-0.39, 0.29) is 11.3 Å².